The van der Waals surface area contributed by atoms with Crippen LogP contribution in [-0.2, 0) is 10.2 Å². The molecular weight excluding hydrogens is 424 g/mol. The Morgan fingerprint density at radius 2 is 1.32 bits per heavy atom. The number of carbonyl (C=O) groups excluding carboxylic acids is 3. The fraction of sp³-hybridized carbons (Fsp3) is 0.276. The molecule has 0 radical (unpaired) electrons. The maximum atomic E-state index is 14.0. The Morgan fingerprint density at radius 1 is 0.794 bits per heavy atom. The number of imide groups is 1. The zero-order chi connectivity index (χ0) is 24.3. The van der Waals surface area contributed by atoms with E-state index in [0.717, 1.165) is 16.2 Å². The quantitative estimate of drug-likeness (QED) is 0.514. The van der Waals surface area contributed by atoms with E-state index in [2.05, 4.69) is 39.0 Å². The summed E-state index contributed by atoms with van der Waals surface area (Å²) in [5.41, 5.74) is 2.92. The van der Waals surface area contributed by atoms with Crippen LogP contribution in [-0.4, -0.2) is 34.2 Å². The first kappa shape index (κ1) is 22.1. The first-order valence-corrected chi connectivity index (χ1v) is 11.6. The molecule has 2 aliphatic heterocycles. The van der Waals surface area contributed by atoms with Crippen molar-refractivity contribution in [3.63, 3.8) is 0 Å². The maximum Gasteiger partial charge on any atom is 0.262 e. The molecule has 172 valence electrons. The predicted octanol–water partition coefficient (Wildman–Crippen LogP) is 5.19. The standard InChI is InChI=1S/C29H28N2O3/c1-19(30-26(33)21-14-8-9-15-22(21)27(30)34)25(32)31-24-17-11-10-16-23(24)29(4,18-28(31,2)3)20-12-6-5-7-13-20/h5-17,19H,18H2,1-4H3/t19-,29+/m0/s1. The van der Waals surface area contributed by atoms with E-state index in [1.165, 1.54) is 5.56 Å². The fourth-order valence-electron chi connectivity index (χ4n) is 5.84. The molecule has 0 aliphatic carbocycles. The molecule has 5 rings (SSSR count). The number of anilines is 1. The van der Waals surface area contributed by atoms with Gasteiger partial charge in [-0.25, -0.2) is 0 Å². The Morgan fingerprint density at radius 3 is 1.94 bits per heavy atom. The smallest absolute Gasteiger partial charge is 0.262 e. The molecular formula is C29H28N2O3. The van der Waals surface area contributed by atoms with Crippen LogP contribution in [0.3, 0.4) is 0 Å². The summed E-state index contributed by atoms with van der Waals surface area (Å²) in [4.78, 5) is 43.1. The molecule has 5 heteroatoms. The second-order valence-corrected chi connectivity index (χ2v) is 10.1. The number of hydrogen-bond donors (Lipinski definition) is 0. The highest BCUT2D eigenvalue weighted by Crippen LogP contribution is 2.50. The van der Waals surface area contributed by atoms with Crippen LogP contribution in [0.4, 0.5) is 5.69 Å². The number of carbonyl (C=O) groups is 3. The van der Waals surface area contributed by atoms with Crippen molar-refractivity contribution in [2.45, 2.75) is 51.1 Å². The third kappa shape index (κ3) is 3.11. The van der Waals surface area contributed by atoms with Crippen molar-refractivity contribution in [3.8, 4) is 0 Å². The van der Waals surface area contributed by atoms with Crippen LogP contribution in [0.5, 0.6) is 0 Å². The summed E-state index contributed by atoms with van der Waals surface area (Å²) in [7, 11) is 0. The lowest BCUT2D eigenvalue weighted by Gasteiger charge is -2.52. The first-order valence-electron chi connectivity index (χ1n) is 11.6. The number of hydrogen-bond acceptors (Lipinski definition) is 3. The number of fused-ring (bicyclic) bond motifs is 2. The predicted molar refractivity (Wildman–Crippen MR) is 132 cm³/mol. The third-order valence-corrected chi connectivity index (χ3v) is 7.33. The van der Waals surface area contributed by atoms with Gasteiger partial charge in [0.05, 0.1) is 11.1 Å². The second-order valence-electron chi connectivity index (χ2n) is 10.1. The molecule has 0 saturated heterocycles. The van der Waals surface area contributed by atoms with Gasteiger partial charge in [-0.1, -0.05) is 67.6 Å². The van der Waals surface area contributed by atoms with E-state index >= 15 is 0 Å². The lowest BCUT2D eigenvalue weighted by Crippen LogP contribution is -2.60. The largest absolute Gasteiger partial charge is 0.305 e. The summed E-state index contributed by atoms with van der Waals surface area (Å²) in [5.74, 6) is -1.10. The summed E-state index contributed by atoms with van der Waals surface area (Å²) >= 11 is 0. The minimum Gasteiger partial charge on any atom is -0.305 e. The van der Waals surface area contributed by atoms with Gasteiger partial charge in [0.2, 0.25) is 0 Å². The molecule has 0 unspecified atom stereocenters. The van der Waals surface area contributed by atoms with E-state index in [1.807, 2.05) is 36.4 Å². The molecule has 0 spiro atoms. The monoisotopic (exact) mass is 452 g/mol. The van der Waals surface area contributed by atoms with E-state index in [1.54, 1.807) is 36.1 Å². The highest BCUT2D eigenvalue weighted by atomic mass is 16.2. The Bertz CT molecular complexity index is 1280. The molecule has 3 aromatic rings. The molecule has 0 aromatic heterocycles. The minimum atomic E-state index is -0.930. The lowest BCUT2D eigenvalue weighted by atomic mass is 9.65. The summed E-state index contributed by atoms with van der Waals surface area (Å²) in [5, 5.41) is 0. The molecule has 34 heavy (non-hydrogen) atoms. The highest BCUT2D eigenvalue weighted by molar-refractivity contribution is 6.23. The molecule has 3 aromatic carbocycles. The van der Waals surface area contributed by atoms with E-state index in [0.29, 0.717) is 17.5 Å². The van der Waals surface area contributed by atoms with Gasteiger partial charge in [-0.05, 0) is 56.5 Å². The van der Waals surface area contributed by atoms with Crippen molar-refractivity contribution in [2.75, 3.05) is 4.90 Å². The van der Waals surface area contributed by atoms with Crippen molar-refractivity contribution >= 4 is 23.4 Å². The van der Waals surface area contributed by atoms with Crippen LogP contribution in [0, 0.1) is 0 Å². The normalized spacial score (nSPS) is 21.8. The number of rotatable bonds is 3. The molecule has 3 amide bonds. The molecule has 2 aliphatic rings. The van der Waals surface area contributed by atoms with Gasteiger partial charge < -0.3 is 4.90 Å². The van der Waals surface area contributed by atoms with Crippen molar-refractivity contribution < 1.29 is 14.4 Å². The van der Waals surface area contributed by atoms with Crippen molar-refractivity contribution in [2.24, 2.45) is 0 Å². The van der Waals surface area contributed by atoms with Crippen molar-refractivity contribution in [1.82, 2.24) is 4.90 Å². The lowest BCUT2D eigenvalue weighted by molar-refractivity contribution is -0.123. The van der Waals surface area contributed by atoms with Gasteiger partial charge in [-0.2, -0.15) is 0 Å². The van der Waals surface area contributed by atoms with Crippen LogP contribution >= 0.6 is 0 Å². The van der Waals surface area contributed by atoms with Gasteiger partial charge in [-0.15, -0.1) is 0 Å². The maximum absolute atomic E-state index is 14.0. The number of amides is 3. The van der Waals surface area contributed by atoms with Crippen LogP contribution in [0.15, 0.2) is 78.9 Å². The average Bonchev–Trinajstić information content (AvgIpc) is 3.08. The Balaban J connectivity index is 1.57. The minimum absolute atomic E-state index is 0.262. The van der Waals surface area contributed by atoms with Crippen LogP contribution in [0.1, 0.15) is 66.0 Å². The number of para-hydroxylation sites is 1. The van der Waals surface area contributed by atoms with E-state index in [9.17, 15) is 14.4 Å². The Hall–Kier alpha value is -3.73. The van der Waals surface area contributed by atoms with Gasteiger partial charge in [0.25, 0.3) is 17.7 Å². The summed E-state index contributed by atoms with van der Waals surface area (Å²) in [6, 6.07) is 24.1. The van der Waals surface area contributed by atoms with Crippen molar-refractivity contribution in [1.29, 1.82) is 0 Å². The van der Waals surface area contributed by atoms with Gasteiger partial charge in [0.15, 0.2) is 0 Å². The van der Waals surface area contributed by atoms with Gasteiger partial charge in [-0.3, -0.25) is 19.3 Å². The highest BCUT2D eigenvalue weighted by Gasteiger charge is 2.50. The zero-order valence-electron chi connectivity index (χ0n) is 19.9. The number of nitrogens with zero attached hydrogens (tertiary/aromatic N) is 2. The van der Waals surface area contributed by atoms with Gasteiger partial charge in [0.1, 0.15) is 6.04 Å². The van der Waals surface area contributed by atoms with Crippen LogP contribution < -0.4 is 4.90 Å². The first-order chi connectivity index (χ1) is 16.2. The number of benzene rings is 3. The third-order valence-electron chi connectivity index (χ3n) is 7.33. The summed E-state index contributed by atoms with van der Waals surface area (Å²) < 4.78 is 0. The molecule has 0 fully saturated rings. The SMILES string of the molecule is C[C@@H](C(=O)N1c2ccccc2[C@@](C)(c2ccccc2)CC1(C)C)N1C(=O)c2ccccc2C1=O. The van der Waals surface area contributed by atoms with E-state index in [-0.39, 0.29) is 11.3 Å². The Labute approximate surface area is 200 Å². The second kappa shape index (κ2) is 7.66. The van der Waals surface area contributed by atoms with E-state index < -0.39 is 23.4 Å². The van der Waals surface area contributed by atoms with Gasteiger partial charge in [0, 0.05) is 16.6 Å². The fourth-order valence-corrected chi connectivity index (χ4v) is 5.84. The molecule has 2 heterocycles. The van der Waals surface area contributed by atoms with Crippen molar-refractivity contribution in [3.05, 3.63) is 101 Å². The van der Waals surface area contributed by atoms with Crippen LogP contribution in [0.2, 0.25) is 0 Å². The zero-order valence-corrected chi connectivity index (χ0v) is 19.9. The molecule has 0 saturated carbocycles. The molecule has 0 N–H and O–H groups in total. The van der Waals surface area contributed by atoms with Gasteiger partial charge >= 0.3 is 0 Å². The molecule has 0 bridgehead atoms. The van der Waals surface area contributed by atoms with E-state index in [4.69, 9.17) is 0 Å². The summed E-state index contributed by atoms with van der Waals surface area (Å²) in [6.07, 6.45) is 0.696. The topological polar surface area (TPSA) is 57.7 Å². The average molecular weight is 453 g/mol. The molecule has 5 nitrogen and oxygen atoms in total. The molecule has 2 atom stereocenters. The van der Waals surface area contributed by atoms with Crippen LogP contribution in [0.25, 0.3) is 0 Å². The Kier molecular flexibility index (Phi) is 4.97. The summed E-state index contributed by atoms with van der Waals surface area (Å²) in [6.45, 7) is 7.97.